The monoisotopic (exact) mass is 304 g/mol. The number of fused-ring (bicyclic) bond motifs is 1. The highest BCUT2D eigenvalue weighted by Gasteiger charge is 2.14. The van der Waals surface area contributed by atoms with Crippen LogP contribution in [0.1, 0.15) is 12.0 Å². The zero-order valence-electron chi connectivity index (χ0n) is 12.8. The molecule has 0 atom stereocenters. The number of anilines is 1. The Morgan fingerprint density at radius 1 is 1.04 bits per heavy atom. The van der Waals surface area contributed by atoms with Crippen molar-refractivity contribution in [2.75, 3.05) is 18.6 Å². The van der Waals surface area contributed by atoms with E-state index in [4.69, 9.17) is 0 Å². The summed E-state index contributed by atoms with van der Waals surface area (Å²) in [5, 5.41) is 15.4. The summed E-state index contributed by atoms with van der Waals surface area (Å²) in [7, 11) is 0. The Bertz CT molecular complexity index is 862. The zero-order valence-corrected chi connectivity index (χ0v) is 12.8. The molecule has 0 bridgehead atoms. The molecule has 0 fully saturated rings. The topological polar surface area (TPSA) is 52.0 Å². The van der Waals surface area contributed by atoms with Gasteiger partial charge in [-0.3, -0.25) is 0 Å². The van der Waals surface area contributed by atoms with Gasteiger partial charge in [0.25, 0.3) is 0 Å². The standard InChI is InChI=1S/C19H18N3O/c23-21-15-5-7-16(8-6-15)22-13-18(14-9-11-20-12-10-14)17-3-1-2-4-19(17)22/h1-9,13,20-21H,10-12H2/q-1. The molecule has 2 N–H and O–H groups in total. The predicted molar refractivity (Wildman–Crippen MR) is 95.7 cm³/mol. The third kappa shape index (κ3) is 2.52. The summed E-state index contributed by atoms with van der Waals surface area (Å²) in [6, 6.07) is 16.0. The van der Waals surface area contributed by atoms with E-state index in [0.717, 1.165) is 25.2 Å². The summed E-state index contributed by atoms with van der Waals surface area (Å²) in [5.41, 5.74) is 7.44. The molecule has 0 unspecified atom stereocenters. The van der Waals surface area contributed by atoms with Gasteiger partial charge in [0, 0.05) is 35.1 Å². The van der Waals surface area contributed by atoms with Gasteiger partial charge in [0.2, 0.25) is 0 Å². The van der Waals surface area contributed by atoms with Gasteiger partial charge in [-0.15, -0.1) is 0 Å². The lowest BCUT2D eigenvalue weighted by atomic mass is 10.00. The van der Waals surface area contributed by atoms with Crippen LogP contribution >= 0.6 is 0 Å². The summed E-state index contributed by atoms with van der Waals surface area (Å²) in [4.78, 5) is 0. The zero-order chi connectivity index (χ0) is 15.6. The van der Waals surface area contributed by atoms with E-state index in [9.17, 15) is 5.21 Å². The number of para-hydroxylation sites is 1. The molecule has 0 spiro atoms. The molecular weight excluding hydrogens is 286 g/mol. The summed E-state index contributed by atoms with van der Waals surface area (Å²) >= 11 is 0. The highest BCUT2D eigenvalue weighted by molar-refractivity contribution is 5.94. The van der Waals surface area contributed by atoms with Gasteiger partial charge in [0.05, 0.1) is 5.52 Å². The third-order valence-corrected chi connectivity index (χ3v) is 4.39. The lowest BCUT2D eigenvalue weighted by molar-refractivity contribution is 0.739. The summed E-state index contributed by atoms with van der Waals surface area (Å²) in [6.07, 6.45) is 5.54. The molecule has 23 heavy (non-hydrogen) atoms. The molecular formula is C19H18N3O-. The Kier molecular flexibility index (Phi) is 3.61. The van der Waals surface area contributed by atoms with E-state index in [2.05, 4.69) is 46.4 Å². The van der Waals surface area contributed by atoms with Crippen LogP contribution in [0.2, 0.25) is 0 Å². The van der Waals surface area contributed by atoms with Crippen LogP contribution in [0.5, 0.6) is 0 Å². The Morgan fingerprint density at radius 2 is 1.87 bits per heavy atom. The van der Waals surface area contributed by atoms with Crippen molar-refractivity contribution in [1.29, 1.82) is 0 Å². The van der Waals surface area contributed by atoms with Crippen molar-refractivity contribution >= 4 is 22.2 Å². The minimum absolute atomic E-state index is 0.575. The molecule has 0 saturated heterocycles. The van der Waals surface area contributed by atoms with Gasteiger partial charge in [0.1, 0.15) is 0 Å². The molecule has 2 heterocycles. The first-order valence-corrected chi connectivity index (χ1v) is 7.85. The lowest BCUT2D eigenvalue weighted by Crippen LogP contribution is -2.19. The molecule has 3 aromatic rings. The highest BCUT2D eigenvalue weighted by atomic mass is 16.5. The quantitative estimate of drug-likeness (QED) is 0.721. The van der Waals surface area contributed by atoms with Gasteiger partial charge >= 0.3 is 0 Å². The minimum atomic E-state index is 0.575. The van der Waals surface area contributed by atoms with Crippen LogP contribution in [-0.2, 0) is 0 Å². The molecule has 0 saturated carbocycles. The van der Waals surface area contributed by atoms with E-state index >= 15 is 0 Å². The second-order valence-electron chi connectivity index (χ2n) is 5.76. The van der Waals surface area contributed by atoms with Crippen molar-refractivity contribution in [2.24, 2.45) is 0 Å². The SMILES string of the molecule is [O-]Nc1ccc(-n2cc(C3=CCNCC3)c3ccccc32)cc1. The van der Waals surface area contributed by atoms with E-state index in [-0.39, 0.29) is 0 Å². The fourth-order valence-corrected chi connectivity index (χ4v) is 3.21. The number of aromatic nitrogens is 1. The minimum Gasteiger partial charge on any atom is -0.761 e. The highest BCUT2D eigenvalue weighted by Crippen LogP contribution is 2.32. The van der Waals surface area contributed by atoms with Crippen LogP contribution < -0.4 is 10.8 Å². The Labute approximate surface area is 135 Å². The third-order valence-electron chi connectivity index (χ3n) is 4.39. The number of benzene rings is 2. The number of hydrogen-bond acceptors (Lipinski definition) is 3. The van der Waals surface area contributed by atoms with Gasteiger partial charge in [-0.05, 0) is 48.9 Å². The first-order valence-electron chi connectivity index (χ1n) is 7.85. The van der Waals surface area contributed by atoms with Crippen LogP contribution in [0, 0.1) is 5.21 Å². The molecule has 1 aliphatic rings. The Balaban J connectivity index is 1.88. The fourth-order valence-electron chi connectivity index (χ4n) is 3.21. The van der Waals surface area contributed by atoms with E-state index in [1.807, 2.05) is 17.6 Å². The van der Waals surface area contributed by atoms with Crippen molar-refractivity contribution in [3.05, 3.63) is 71.6 Å². The second kappa shape index (κ2) is 5.91. The average molecular weight is 304 g/mol. The van der Waals surface area contributed by atoms with E-state index < -0.39 is 0 Å². The average Bonchev–Trinajstić information content (AvgIpc) is 3.02. The Hall–Kier alpha value is -2.56. The second-order valence-corrected chi connectivity index (χ2v) is 5.76. The Morgan fingerprint density at radius 3 is 2.61 bits per heavy atom. The molecule has 0 radical (unpaired) electrons. The molecule has 1 aromatic heterocycles. The molecule has 0 amide bonds. The normalized spacial score (nSPS) is 14.7. The number of nitrogens with one attached hydrogen (secondary N) is 2. The smallest absolute Gasteiger partial charge is 0.0534 e. The van der Waals surface area contributed by atoms with Gasteiger partial charge < -0.3 is 20.6 Å². The first-order chi connectivity index (χ1) is 11.4. The van der Waals surface area contributed by atoms with Gasteiger partial charge in [-0.1, -0.05) is 24.3 Å². The maximum absolute atomic E-state index is 10.7. The van der Waals surface area contributed by atoms with Crippen molar-refractivity contribution in [2.45, 2.75) is 6.42 Å². The molecule has 1 aliphatic heterocycles. The van der Waals surface area contributed by atoms with Crippen molar-refractivity contribution in [1.82, 2.24) is 9.88 Å². The van der Waals surface area contributed by atoms with Crippen LogP contribution in [-0.4, -0.2) is 17.7 Å². The van der Waals surface area contributed by atoms with Gasteiger partial charge in [0.15, 0.2) is 0 Å². The predicted octanol–water partition coefficient (Wildman–Crippen LogP) is 3.92. The summed E-state index contributed by atoms with van der Waals surface area (Å²) in [5.74, 6) is 0. The maximum Gasteiger partial charge on any atom is 0.0534 e. The van der Waals surface area contributed by atoms with E-state index in [0.29, 0.717) is 5.69 Å². The van der Waals surface area contributed by atoms with Crippen molar-refractivity contribution < 1.29 is 0 Å². The first kappa shape index (κ1) is 14.1. The van der Waals surface area contributed by atoms with Crippen molar-refractivity contribution in [3.8, 4) is 5.69 Å². The fraction of sp³-hybridized carbons (Fsp3) is 0.158. The van der Waals surface area contributed by atoms with Crippen LogP contribution in [0.4, 0.5) is 5.69 Å². The molecule has 4 rings (SSSR count). The summed E-state index contributed by atoms with van der Waals surface area (Å²) in [6.45, 7) is 1.95. The van der Waals surface area contributed by atoms with Crippen LogP contribution in [0.3, 0.4) is 0 Å². The lowest BCUT2D eigenvalue weighted by Gasteiger charge is -2.13. The number of rotatable bonds is 3. The van der Waals surface area contributed by atoms with E-state index in [1.165, 1.54) is 22.0 Å². The molecule has 116 valence electrons. The van der Waals surface area contributed by atoms with Crippen molar-refractivity contribution in [3.63, 3.8) is 0 Å². The summed E-state index contributed by atoms with van der Waals surface area (Å²) < 4.78 is 2.20. The number of hydrogen-bond donors (Lipinski definition) is 2. The van der Waals surface area contributed by atoms with Crippen LogP contribution in [0.15, 0.2) is 60.8 Å². The maximum atomic E-state index is 10.7. The largest absolute Gasteiger partial charge is 0.761 e. The van der Waals surface area contributed by atoms with Crippen LogP contribution in [0.25, 0.3) is 22.2 Å². The van der Waals surface area contributed by atoms with Gasteiger partial charge in [-0.25, -0.2) is 0 Å². The van der Waals surface area contributed by atoms with Gasteiger partial charge in [-0.2, -0.15) is 0 Å². The number of nitrogens with zero attached hydrogens (tertiary/aromatic N) is 1. The molecule has 4 heteroatoms. The molecule has 0 aliphatic carbocycles. The molecule has 4 nitrogen and oxygen atoms in total. The van der Waals surface area contributed by atoms with E-state index in [1.54, 1.807) is 12.1 Å². The molecule has 2 aromatic carbocycles.